The highest BCUT2D eigenvalue weighted by atomic mass is 16.5. The Morgan fingerprint density at radius 2 is 1.93 bits per heavy atom. The van der Waals surface area contributed by atoms with Crippen molar-refractivity contribution in [3.8, 4) is 11.7 Å². The van der Waals surface area contributed by atoms with Gasteiger partial charge in [0.2, 0.25) is 5.88 Å². The fraction of sp³-hybridized carbons (Fsp3) is 0.550. The summed E-state index contributed by atoms with van der Waals surface area (Å²) in [5, 5.41) is 12.5. The first-order valence-corrected chi connectivity index (χ1v) is 10.3. The molecule has 0 saturated carbocycles. The second-order valence-corrected chi connectivity index (χ2v) is 7.32. The van der Waals surface area contributed by atoms with E-state index in [-0.39, 0.29) is 17.9 Å². The largest absolute Gasteiger partial charge is 0.480 e. The fourth-order valence-electron chi connectivity index (χ4n) is 3.90. The summed E-state index contributed by atoms with van der Waals surface area (Å²) < 4.78 is 12.2. The van der Waals surface area contributed by atoms with E-state index in [0.717, 1.165) is 18.5 Å². The number of aromatic nitrogens is 4. The van der Waals surface area contributed by atoms with Gasteiger partial charge in [-0.15, -0.1) is 10.2 Å². The lowest BCUT2D eigenvalue weighted by Crippen LogP contribution is -2.52. The van der Waals surface area contributed by atoms with Crippen molar-refractivity contribution in [2.75, 3.05) is 39.9 Å². The average molecular weight is 414 g/mol. The normalized spacial score (nSPS) is 19.2. The molecule has 2 aromatic rings. The van der Waals surface area contributed by atoms with E-state index in [1.807, 2.05) is 6.92 Å². The van der Waals surface area contributed by atoms with Crippen LogP contribution in [0.25, 0.3) is 5.82 Å². The Hall–Kier alpha value is -3.01. The van der Waals surface area contributed by atoms with Crippen molar-refractivity contribution in [2.45, 2.75) is 32.3 Å². The van der Waals surface area contributed by atoms with Gasteiger partial charge in [-0.05, 0) is 25.3 Å². The van der Waals surface area contributed by atoms with Crippen LogP contribution in [0, 0.1) is 0 Å². The Kier molecular flexibility index (Phi) is 5.93. The van der Waals surface area contributed by atoms with E-state index >= 15 is 0 Å². The van der Waals surface area contributed by atoms with Gasteiger partial charge in [-0.1, -0.05) is 6.92 Å². The number of methoxy groups -OCH3 is 1. The topological polar surface area (TPSA) is 103 Å². The molecule has 0 aromatic carbocycles. The van der Waals surface area contributed by atoms with Gasteiger partial charge in [0.05, 0.1) is 24.6 Å². The lowest BCUT2D eigenvalue weighted by Gasteiger charge is -2.35. The summed E-state index contributed by atoms with van der Waals surface area (Å²) in [4.78, 5) is 29.2. The lowest BCUT2D eigenvalue weighted by atomic mass is 10.1. The molecule has 2 aromatic heterocycles. The first-order chi connectivity index (χ1) is 14.6. The van der Waals surface area contributed by atoms with Gasteiger partial charge < -0.3 is 19.3 Å². The van der Waals surface area contributed by atoms with Crippen molar-refractivity contribution < 1.29 is 19.1 Å². The minimum absolute atomic E-state index is 0.0414. The van der Waals surface area contributed by atoms with Gasteiger partial charge in [0.1, 0.15) is 6.10 Å². The number of rotatable bonds is 5. The van der Waals surface area contributed by atoms with Crippen LogP contribution in [0.5, 0.6) is 5.88 Å². The van der Waals surface area contributed by atoms with Gasteiger partial charge >= 0.3 is 0 Å². The number of ether oxygens (including phenoxy) is 2. The molecule has 1 atom stereocenters. The monoisotopic (exact) mass is 414 g/mol. The summed E-state index contributed by atoms with van der Waals surface area (Å²) >= 11 is 0. The first-order valence-electron chi connectivity index (χ1n) is 10.3. The Bertz CT molecular complexity index is 899. The highest BCUT2D eigenvalue weighted by Gasteiger charge is 2.32. The zero-order chi connectivity index (χ0) is 21.1. The number of hydrogen-bond acceptors (Lipinski definition) is 7. The molecule has 0 N–H and O–H groups in total. The van der Waals surface area contributed by atoms with Crippen molar-refractivity contribution in [2.24, 2.45) is 0 Å². The Balaban J connectivity index is 1.45. The molecule has 2 amide bonds. The highest BCUT2D eigenvalue weighted by Crippen LogP contribution is 2.20. The van der Waals surface area contributed by atoms with Crippen molar-refractivity contribution >= 4 is 11.8 Å². The molecule has 2 aliphatic heterocycles. The van der Waals surface area contributed by atoms with Gasteiger partial charge in [0.15, 0.2) is 5.82 Å². The summed E-state index contributed by atoms with van der Waals surface area (Å²) in [5.74, 6) is 0.901. The standard InChI is InChI=1S/C20H26N6O4/c1-3-15-14(13-21-26(15)17-6-7-18(29-2)23-22-17)19(27)24-8-10-25(11-9-24)20(28)16-5-4-12-30-16/h6-7,13,16H,3-5,8-12H2,1-2H3. The van der Waals surface area contributed by atoms with Crippen molar-refractivity contribution in [3.63, 3.8) is 0 Å². The maximum absolute atomic E-state index is 13.1. The highest BCUT2D eigenvalue weighted by molar-refractivity contribution is 5.95. The molecule has 2 fully saturated rings. The van der Waals surface area contributed by atoms with Crippen LogP contribution >= 0.6 is 0 Å². The van der Waals surface area contributed by atoms with Crippen molar-refractivity contribution in [3.05, 3.63) is 29.6 Å². The maximum Gasteiger partial charge on any atom is 0.257 e. The molecule has 30 heavy (non-hydrogen) atoms. The van der Waals surface area contributed by atoms with Crippen molar-refractivity contribution in [1.82, 2.24) is 29.8 Å². The minimum Gasteiger partial charge on any atom is -0.480 e. The molecule has 0 bridgehead atoms. The van der Waals surface area contributed by atoms with Crippen LogP contribution in [0.3, 0.4) is 0 Å². The van der Waals surface area contributed by atoms with E-state index in [4.69, 9.17) is 9.47 Å². The molecule has 0 aliphatic carbocycles. The van der Waals surface area contributed by atoms with Crippen LogP contribution in [0.15, 0.2) is 18.3 Å². The summed E-state index contributed by atoms with van der Waals surface area (Å²) in [6.45, 7) is 4.65. The second kappa shape index (κ2) is 8.78. The average Bonchev–Trinajstić information content (AvgIpc) is 3.48. The fourth-order valence-corrected chi connectivity index (χ4v) is 3.90. The third-order valence-electron chi connectivity index (χ3n) is 5.57. The number of piperazine rings is 1. The molecule has 10 heteroatoms. The zero-order valence-electron chi connectivity index (χ0n) is 17.3. The molecule has 2 saturated heterocycles. The van der Waals surface area contributed by atoms with Crippen LogP contribution < -0.4 is 4.74 Å². The smallest absolute Gasteiger partial charge is 0.257 e. The number of amides is 2. The molecule has 4 heterocycles. The minimum atomic E-state index is -0.317. The maximum atomic E-state index is 13.1. The Morgan fingerprint density at radius 1 is 1.17 bits per heavy atom. The van der Waals surface area contributed by atoms with E-state index in [1.165, 1.54) is 7.11 Å². The van der Waals surface area contributed by atoms with Crippen LogP contribution in [-0.4, -0.2) is 87.6 Å². The SMILES string of the molecule is CCc1c(C(=O)N2CCN(C(=O)C3CCCO3)CC2)cnn1-c1ccc(OC)nn1. The molecule has 0 radical (unpaired) electrons. The lowest BCUT2D eigenvalue weighted by molar-refractivity contribution is -0.142. The van der Waals surface area contributed by atoms with E-state index < -0.39 is 0 Å². The van der Waals surface area contributed by atoms with E-state index in [9.17, 15) is 9.59 Å². The summed E-state index contributed by atoms with van der Waals surface area (Å²) in [5.41, 5.74) is 1.33. The van der Waals surface area contributed by atoms with Crippen LogP contribution in [0.1, 0.15) is 35.8 Å². The Morgan fingerprint density at radius 3 is 2.53 bits per heavy atom. The summed E-state index contributed by atoms with van der Waals surface area (Å²) in [7, 11) is 1.53. The Labute approximate surface area is 174 Å². The molecule has 2 aliphatic rings. The van der Waals surface area contributed by atoms with Gasteiger partial charge in [-0.25, -0.2) is 4.68 Å². The van der Waals surface area contributed by atoms with Crippen LogP contribution in [-0.2, 0) is 16.0 Å². The third-order valence-corrected chi connectivity index (χ3v) is 5.57. The molecule has 160 valence electrons. The predicted molar refractivity (Wildman–Crippen MR) is 107 cm³/mol. The summed E-state index contributed by atoms with van der Waals surface area (Å²) in [6.07, 6.45) is 3.59. The van der Waals surface area contributed by atoms with E-state index in [1.54, 1.807) is 32.8 Å². The van der Waals surface area contributed by atoms with Crippen molar-refractivity contribution in [1.29, 1.82) is 0 Å². The third kappa shape index (κ3) is 3.87. The second-order valence-electron chi connectivity index (χ2n) is 7.32. The molecule has 1 unspecified atom stereocenters. The van der Waals surface area contributed by atoms with E-state index in [2.05, 4.69) is 15.3 Å². The van der Waals surface area contributed by atoms with Gasteiger partial charge in [0.25, 0.3) is 11.8 Å². The van der Waals surface area contributed by atoms with Gasteiger partial charge in [-0.3, -0.25) is 9.59 Å². The predicted octanol–water partition coefficient (Wildman–Crippen LogP) is 0.697. The van der Waals surface area contributed by atoms with Gasteiger partial charge in [-0.2, -0.15) is 5.10 Å². The zero-order valence-corrected chi connectivity index (χ0v) is 17.3. The number of hydrogen-bond donors (Lipinski definition) is 0. The molecule has 10 nitrogen and oxygen atoms in total. The van der Waals surface area contributed by atoms with Gasteiger partial charge in [0, 0.05) is 38.9 Å². The van der Waals surface area contributed by atoms with Crippen LogP contribution in [0.2, 0.25) is 0 Å². The summed E-state index contributed by atoms with van der Waals surface area (Å²) in [6, 6.07) is 3.46. The first kappa shape index (κ1) is 20.3. The van der Waals surface area contributed by atoms with Crippen LogP contribution in [0.4, 0.5) is 0 Å². The molecule has 4 rings (SSSR count). The molecule has 0 spiro atoms. The molecular formula is C20H26N6O4. The number of carbonyl (C=O) groups excluding carboxylic acids is 2. The number of carbonyl (C=O) groups is 2. The molecular weight excluding hydrogens is 388 g/mol. The number of nitrogens with zero attached hydrogens (tertiary/aromatic N) is 6. The quantitative estimate of drug-likeness (QED) is 0.709. The van der Waals surface area contributed by atoms with E-state index in [0.29, 0.717) is 56.5 Å².